The molecule has 0 unspecified atom stereocenters. The van der Waals surface area contributed by atoms with Gasteiger partial charge < -0.3 is 4.74 Å². The summed E-state index contributed by atoms with van der Waals surface area (Å²) in [4.78, 5) is 10.4. The van der Waals surface area contributed by atoms with E-state index in [1.165, 1.54) is 5.30 Å². The van der Waals surface area contributed by atoms with Crippen molar-refractivity contribution in [2.24, 2.45) is 0 Å². The van der Waals surface area contributed by atoms with Gasteiger partial charge in [0, 0.05) is 18.9 Å². The van der Waals surface area contributed by atoms with Gasteiger partial charge in [0.15, 0.2) is 0 Å². The van der Waals surface area contributed by atoms with E-state index in [1.807, 2.05) is 18.2 Å². The van der Waals surface area contributed by atoms with Crippen LogP contribution in [-0.2, 0) is 4.74 Å². The lowest BCUT2D eigenvalue weighted by molar-refractivity contribution is 0.180. The molecule has 0 radical (unpaired) electrons. The first-order valence-electron chi connectivity index (χ1n) is 4.73. The van der Waals surface area contributed by atoms with Gasteiger partial charge in [0.05, 0.1) is 24.8 Å². The third-order valence-corrected chi connectivity index (χ3v) is 5.43. The normalized spacial score (nSPS) is 11.1. The molecule has 0 aliphatic rings. The van der Waals surface area contributed by atoms with Crippen LogP contribution in [0.15, 0.2) is 30.3 Å². The molecule has 1 aromatic carbocycles. The van der Waals surface area contributed by atoms with Crippen LogP contribution in [0.1, 0.15) is 0 Å². The third-order valence-electron chi connectivity index (χ3n) is 2.32. The summed E-state index contributed by atoms with van der Waals surface area (Å²) in [5.74, 6) is 0. The molecule has 2 nitrogen and oxygen atoms in total. The molecule has 0 saturated heterocycles. The minimum atomic E-state index is -1.19. The lowest BCUT2D eigenvalue weighted by atomic mass is 10.4. The van der Waals surface area contributed by atoms with Gasteiger partial charge in [0.2, 0.25) is 0 Å². The molecular formula is C11H15ClO2P+. The average Bonchev–Trinajstić information content (AvgIpc) is 2.18. The van der Waals surface area contributed by atoms with Gasteiger partial charge in [0.1, 0.15) is 6.61 Å². The number of carbonyl (C=O) groups is 1. The van der Waals surface area contributed by atoms with E-state index >= 15 is 0 Å². The van der Waals surface area contributed by atoms with Crippen molar-refractivity contribution >= 4 is 29.6 Å². The van der Waals surface area contributed by atoms with E-state index < -0.39 is 12.7 Å². The highest BCUT2D eigenvalue weighted by atomic mass is 35.5. The molecule has 0 saturated carbocycles. The third kappa shape index (κ3) is 4.19. The highest BCUT2D eigenvalue weighted by molar-refractivity contribution is 7.81. The van der Waals surface area contributed by atoms with Crippen molar-refractivity contribution in [3.8, 4) is 0 Å². The minimum absolute atomic E-state index is 0.401. The maximum absolute atomic E-state index is 10.4. The van der Waals surface area contributed by atoms with Crippen LogP contribution < -0.4 is 5.30 Å². The molecular weight excluding hydrogens is 231 g/mol. The zero-order chi connectivity index (χ0) is 11.3. The topological polar surface area (TPSA) is 26.3 Å². The van der Waals surface area contributed by atoms with Crippen molar-refractivity contribution in [2.45, 2.75) is 0 Å². The Morgan fingerprint density at radius 2 is 1.93 bits per heavy atom. The number of hydrogen-bond acceptors (Lipinski definition) is 2. The van der Waals surface area contributed by atoms with Crippen LogP contribution in [0.3, 0.4) is 0 Å². The van der Waals surface area contributed by atoms with E-state index in [2.05, 4.69) is 25.5 Å². The SMILES string of the molecule is C[P+](C)(CCOC(=O)Cl)c1ccccc1. The van der Waals surface area contributed by atoms with Crippen LogP contribution in [0.25, 0.3) is 0 Å². The van der Waals surface area contributed by atoms with Crippen molar-refractivity contribution < 1.29 is 9.53 Å². The van der Waals surface area contributed by atoms with Crippen molar-refractivity contribution in [1.82, 2.24) is 0 Å². The van der Waals surface area contributed by atoms with Crippen LogP contribution in [0.5, 0.6) is 0 Å². The van der Waals surface area contributed by atoms with Crippen molar-refractivity contribution in [2.75, 3.05) is 26.1 Å². The van der Waals surface area contributed by atoms with Gasteiger partial charge >= 0.3 is 5.43 Å². The van der Waals surface area contributed by atoms with E-state index in [0.29, 0.717) is 6.61 Å². The van der Waals surface area contributed by atoms with Gasteiger partial charge in [0.25, 0.3) is 0 Å². The van der Waals surface area contributed by atoms with Crippen molar-refractivity contribution in [3.63, 3.8) is 0 Å². The summed E-state index contributed by atoms with van der Waals surface area (Å²) >= 11 is 5.10. The maximum Gasteiger partial charge on any atom is 0.403 e. The molecule has 0 spiro atoms. The molecule has 0 heterocycles. The molecule has 0 atom stereocenters. The zero-order valence-corrected chi connectivity index (χ0v) is 10.6. The van der Waals surface area contributed by atoms with Gasteiger partial charge in [-0.25, -0.2) is 4.79 Å². The Morgan fingerprint density at radius 3 is 2.47 bits per heavy atom. The largest absolute Gasteiger partial charge is 0.450 e. The molecule has 15 heavy (non-hydrogen) atoms. The number of rotatable bonds is 4. The second kappa shape index (κ2) is 5.48. The van der Waals surface area contributed by atoms with Crippen LogP contribution in [-0.4, -0.2) is 31.5 Å². The summed E-state index contributed by atoms with van der Waals surface area (Å²) in [6.07, 6.45) is 0.871. The Kier molecular flexibility index (Phi) is 4.56. The predicted molar refractivity (Wildman–Crippen MR) is 66.9 cm³/mol. The minimum Gasteiger partial charge on any atom is -0.450 e. The quantitative estimate of drug-likeness (QED) is 0.602. The predicted octanol–water partition coefficient (Wildman–Crippen LogP) is 2.96. The summed E-state index contributed by atoms with van der Waals surface area (Å²) in [5, 5.41) is 1.34. The summed E-state index contributed by atoms with van der Waals surface area (Å²) in [7, 11) is -1.19. The van der Waals surface area contributed by atoms with E-state index in [1.54, 1.807) is 0 Å². The molecule has 0 N–H and O–H groups in total. The van der Waals surface area contributed by atoms with E-state index in [0.717, 1.165) is 6.16 Å². The zero-order valence-electron chi connectivity index (χ0n) is 8.94. The first-order chi connectivity index (χ1) is 7.02. The van der Waals surface area contributed by atoms with Crippen LogP contribution >= 0.6 is 18.9 Å². The van der Waals surface area contributed by atoms with Crippen LogP contribution in [0.4, 0.5) is 4.79 Å². The van der Waals surface area contributed by atoms with Crippen molar-refractivity contribution in [1.29, 1.82) is 0 Å². The molecule has 0 amide bonds. The van der Waals surface area contributed by atoms with Gasteiger partial charge in [-0.05, 0) is 12.1 Å². The lowest BCUT2D eigenvalue weighted by Crippen LogP contribution is -2.15. The molecule has 1 aromatic rings. The number of ether oxygens (including phenoxy) is 1. The molecule has 82 valence electrons. The second-order valence-corrected chi connectivity index (χ2v) is 8.47. The molecule has 0 aliphatic heterocycles. The number of hydrogen-bond donors (Lipinski definition) is 0. The van der Waals surface area contributed by atoms with E-state index in [9.17, 15) is 4.79 Å². The van der Waals surface area contributed by atoms with Crippen molar-refractivity contribution in [3.05, 3.63) is 30.3 Å². The lowest BCUT2D eigenvalue weighted by Gasteiger charge is -2.17. The second-order valence-electron chi connectivity index (χ2n) is 3.83. The Labute approximate surface area is 95.9 Å². The van der Waals surface area contributed by atoms with E-state index in [4.69, 9.17) is 16.3 Å². The Hall–Kier alpha value is -0.590. The molecule has 1 rings (SSSR count). The highest BCUT2D eigenvalue weighted by Crippen LogP contribution is 2.49. The standard InChI is InChI=1S/C11H15ClO2P/c1-15(2,9-8-14-11(12)13)10-6-4-3-5-7-10/h3-7H,8-9H2,1-2H3/q+1. The average molecular weight is 246 g/mol. The fourth-order valence-electron chi connectivity index (χ4n) is 1.31. The number of benzene rings is 1. The fourth-order valence-corrected chi connectivity index (χ4v) is 3.18. The maximum atomic E-state index is 10.4. The summed E-state index contributed by atoms with van der Waals surface area (Å²) in [5.41, 5.74) is -0.719. The van der Waals surface area contributed by atoms with Crippen LogP contribution in [0.2, 0.25) is 0 Å². The summed E-state index contributed by atoms with van der Waals surface area (Å²) in [6.45, 7) is 4.85. The Balaban J connectivity index is 2.56. The molecule has 0 bridgehead atoms. The van der Waals surface area contributed by atoms with Crippen LogP contribution in [0, 0.1) is 0 Å². The molecule has 0 aromatic heterocycles. The molecule has 0 fully saturated rings. The summed E-state index contributed by atoms with van der Waals surface area (Å²) < 4.78 is 4.75. The summed E-state index contributed by atoms with van der Waals surface area (Å²) in [6, 6.07) is 10.3. The smallest absolute Gasteiger partial charge is 0.403 e. The highest BCUT2D eigenvalue weighted by Gasteiger charge is 2.27. The first kappa shape index (κ1) is 12.5. The molecule has 4 heteroatoms. The first-order valence-corrected chi connectivity index (χ1v) is 7.98. The number of carbonyl (C=O) groups excluding carboxylic acids is 1. The Bertz CT molecular complexity index is 325. The van der Waals surface area contributed by atoms with E-state index in [-0.39, 0.29) is 0 Å². The monoisotopic (exact) mass is 245 g/mol. The van der Waals surface area contributed by atoms with Gasteiger partial charge in [-0.1, -0.05) is 18.2 Å². The Morgan fingerprint density at radius 1 is 1.33 bits per heavy atom. The fraction of sp³-hybridized carbons (Fsp3) is 0.364. The molecule has 0 aliphatic carbocycles. The van der Waals surface area contributed by atoms with Gasteiger partial charge in [-0.2, -0.15) is 0 Å². The van der Waals surface area contributed by atoms with Gasteiger partial charge in [-0.15, -0.1) is 0 Å². The van der Waals surface area contributed by atoms with Gasteiger partial charge in [-0.3, -0.25) is 0 Å². The number of halogens is 1.